The van der Waals surface area contributed by atoms with Gasteiger partial charge >= 0.3 is 0 Å². The molecule has 0 aromatic carbocycles. The molecule has 0 spiro atoms. The molecule has 0 radical (unpaired) electrons. The molecule has 0 bridgehead atoms. The standard InChI is InChI=1S/C13H19N5OS/c1-20-6-9-4-18(5-10(9)19)3-8-2-15-12-11(8)16-7-17-13(12)14/h2,7-10,19H,3-6H2,1H3,(H2,14,16,17)/t8?,9-,10+/m1/s1. The molecule has 1 aromatic heterocycles. The Kier molecular flexibility index (Phi) is 3.91. The van der Waals surface area contributed by atoms with Gasteiger partial charge in [-0.15, -0.1) is 0 Å². The first-order chi connectivity index (χ1) is 9.69. The van der Waals surface area contributed by atoms with Crippen LogP contribution >= 0.6 is 11.8 Å². The van der Waals surface area contributed by atoms with Gasteiger partial charge in [-0.25, -0.2) is 9.97 Å². The van der Waals surface area contributed by atoms with Crippen LogP contribution in [-0.2, 0) is 0 Å². The lowest BCUT2D eigenvalue weighted by Gasteiger charge is -2.18. The summed E-state index contributed by atoms with van der Waals surface area (Å²) < 4.78 is 0. The maximum atomic E-state index is 10.1. The van der Waals surface area contributed by atoms with Crippen molar-refractivity contribution in [2.24, 2.45) is 10.9 Å². The van der Waals surface area contributed by atoms with Crippen LogP contribution in [0, 0.1) is 5.92 Å². The number of aliphatic hydroxyl groups excluding tert-OH is 1. The van der Waals surface area contributed by atoms with Gasteiger partial charge in [0.05, 0.1) is 17.7 Å². The number of likely N-dealkylation sites (tertiary alicyclic amines) is 1. The van der Waals surface area contributed by atoms with Crippen molar-refractivity contribution in [3.05, 3.63) is 12.0 Å². The molecule has 0 aliphatic carbocycles. The maximum Gasteiger partial charge on any atom is 0.153 e. The highest BCUT2D eigenvalue weighted by Gasteiger charge is 2.33. The number of fused-ring (bicyclic) bond motifs is 1. The minimum Gasteiger partial charge on any atom is -0.391 e. The van der Waals surface area contributed by atoms with Crippen LogP contribution in [0.4, 0.5) is 11.5 Å². The van der Waals surface area contributed by atoms with E-state index in [1.165, 1.54) is 6.33 Å². The molecule has 1 fully saturated rings. The monoisotopic (exact) mass is 293 g/mol. The number of aliphatic hydroxyl groups is 1. The van der Waals surface area contributed by atoms with Crippen LogP contribution in [-0.4, -0.2) is 63.9 Å². The number of aromatic nitrogens is 2. The predicted molar refractivity (Wildman–Crippen MR) is 81.7 cm³/mol. The van der Waals surface area contributed by atoms with E-state index in [1.54, 1.807) is 11.8 Å². The van der Waals surface area contributed by atoms with Crippen molar-refractivity contribution in [3.8, 4) is 0 Å². The third-order valence-corrected chi connectivity index (χ3v) is 4.69. The Morgan fingerprint density at radius 1 is 1.45 bits per heavy atom. The number of rotatable bonds is 4. The van der Waals surface area contributed by atoms with Crippen LogP contribution in [0.5, 0.6) is 0 Å². The Balaban J connectivity index is 1.67. The number of nitrogens with zero attached hydrogens (tertiary/aromatic N) is 4. The highest BCUT2D eigenvalue weighted by Crippen LogP contribution is 2.34. The molecular weight excluding hydrogens is 274 g/mol. The summed E-state index contributed by atoms with van der Waals surface area (Å²) in [4.78, 5) is 14.9. The van der Waals surface area contributed by atoms with Crippen molar-refractivity contribution in [3.63, 3.8) is 0 Å². The maximum absolute atomic E-state index is 10.1. The Morgan fingerprint density at radius 2 is 2.30 bits per heavy atom. The third-order valence-electron chi connectivity index (χ3n) is 3.93. The highest BCUT2D eigenvalue weighted by molar-refractivity contribution is 7.98. The van der Waals surface area contributed by atoms with E-state index in [1.807, 2.05) is 6.21 Å². The van der Waals surface area contributed by atoms with E-state index in [4.69, 9.17) is 5.73 Å². The minimum absolute atomic E-state index is 0.149. The predicted octanol–water partition coefficient (Wildman–Crippen LogP) is 0.514. The van der Waals surface area contributed by atoms with Gasteiger partial charge < -0.3 is 10.8 Å². The zero-order chi connectivity index (χ0) is 14.1. The molecule has 6 nitrogen and oxygen atoms in total. The molecule has 1 unspecified atom stereocenters. The summed E-state index contributed by atoms with van der Waals surface area (Å²) in [7, 11) is 0. The number of nitrogens with two attached hydrogens (primary N) is 1. The summed E-state index contributed by atoms with van der Waals surface area (Å²) in [5.74, 6) is 1.95. The summed E-state index contributed by atoms with van der Waals surface area (Å²) in [5.41, 5.74) is 7.41. The number of anilines is 1. The molecule has 3 rings (SSSR count). The molecule has 3 atom stereocenters. The Labute approximate surface area is 122 Å². The molecule has 2 aliphatic rings. The van der Waals surface area contributed by atoms with Gasteiger partial charge in [0, 0.05) is 31.8 Å². The fourth-order valence-corrected chi connectivity index (χ4v) is 3.68. The second kappa shape index (κ2) is 5.67. The molecule has 108 valence electrons. The van der Waals surface area contributed by atoms with Gasteiger partial charge in [0.25, 0.3) is 0 Å². The molecule has 3 heterocycles. The normalized spacial score (nSPS) is 29.0. The second-order valence-corrected chi connectivity index (χ2v) is 6.29. The quantitative estimate of drug-likeness (QED) is 0.841. The van der Waals surface area contributed by atoms with Crippen LogP contribution in [0.3, 0.4) is 0 Å². The zero-order valence-electron chi connectivity index (χ0n) is 11.4. The number of hydrogen-bond acceptors (Lipinski definition) is 7. The molecule has 3 N–H and O–H groups in total. The molecule has 1 aromatic rings. The summed E-state index contributed by atoms with van der Waals surface area (Å²) in [6.45, 7) is 2.49. The summed E-state index contributed by atoms with van der Waals surface area (Å²) in [5, 5.41) is 10.1. The van der Waals surface area contributed by atoms with Crippen LogP contribution in [0.2, 0.25) is 0 Å². The first kappa shape index (κ1) is 13.8. The Bertz CT molecular complexity index is 523. The fourth-order valence-electron chi connectivity index (χ4n) is 2.93. The van der Waals surface area contributed by atoms with Crippen molar-refractivity contribution in [1.82, 2.24) is 14.9 Å². The van der Waals surface area contributed by atoms with Crippen LogP contribution in [0.15, 0.2) is 11.3 Å². The summed E-state index contributed by atoms with van der Waals surface area (Å²) in [6.07, 6.45) is 5.24. The topological polar surface area (TPSA) is 87.6 Å². The van der Waals surface area contributed by atoms with Crippen LogP contribution in [0.1, 0.15) is 11.6 Å². The fraction of sp³-hybridized carbons (Fsp3) is 0.615. The number of β-amino-alcohol motifs (C(OH)–C–C–N with tert-alkyl or cyclic N) is 1. The zero-order valence-corrected chi connectivity index (χ0v) is 12.3. The van der Waals surface area contributed by atoms with Crippen LogP contribution < -0.4 is 5.73 Å². The van der Waals surface area contributed by atoms with Gasteiger partial charge in [-0.05, 0) is 12.0 Å². The van der Waals surface area contributed by atoms with E-state index >= 15 is 0 Å². The van der Waals surface area contributed by atoms with Crippen LogP contribution in [0.25, 0.3) is 0 Å². The van der Waals surface area contributed by atoms with Crippen molar-refractivity contribution in [2.75, 3.05) is 37.4 Å². The molecular formula is C13H19N5OS. The first-order valence-corrected chi connectivity index (χ1v) is 8.12. The number of nitrogen functional groups attached to an aromatic ring is 1. The van der Waals surface area contributed by atoms with Crippen molar-refractivity contribution in [2.45, 2.75) is 12.0 Å². The Morgan fingerprint density at radius 3 is 3.10 bits per heavy atom. The third kappa shape index (κ3) is 2.53. The van der Waals surface area contributed by atoms with E-state index in [9.17, 15) is 5.11 Å². The van der Waals surface area contributed by atoms with Gasteiger partial charge in [0.2, 0.25) is 0 Å². The molecule has 7 heteroatoms. The number of aliphatic imine (C=N–C) groups is 1. The molecule has 1 saturated heterocycles. The van der Waals surface area contributed by atoms with Gasteiger partial charge in [-0.1, -0.05) is 0 Å². The number of hydrogen-bond donors (Lipinski definition) is 2. The van der Waals surface area contributed by atoms with Crippen molar-refractivity contribution >= 4 is 29.5 Å². The molecule has 0 saturated carbocycles. The average molecular weight is 293 g/mol. The van der Waals surface area contributed by atoms with Crippen molar-refractivity contribution in [1.29, 1.82) is 0 Å². The minimum atomic E-state index is -0.226. The second-order valence-electron chi connectivity index (χ2n) is 5.38. The SMILES string of the molecule is CSC[C@H]1CN(CC2C=Nc3c(N)ncnc32)C[C@@H]1O. The van der Waals surface area contributed by atoms with E-state index < -0.39 is 0 Å². The molecule has 2 aliphatic heterocycles. The van der Waals surface area contributed by atoms with Crippen molar-refractivity contribution < 1.29 is 5.11 Å². The number of thioether (sulfide) groups is 1. The lowest BCUT2D eigenvalue weighted by Crippen LogP contribution is -2.27. The van der Waals surface area contributed by atoms with Gasteiger partial charge in [0.15, 0.2) is 5.82 Å². The highest BCUT2D eigenvalue weighted by atomic mass is 32.2. The van der Waals surface area contributed by atoms with E-state index in [0.29, 0.717) is 17.4 Å². The smallest absolute Gasteiger partial charge is 0.153 e. The first-order valence-electron chi connectivity index (χ1n) is 6.73. The van der Waals surface area contributed by atoms with E-state index in [0.717, 1.165) is 31.1 Å². The lowest BCUT2D eigenvalue weighted by atomic mass is 10.1. The summed E-state index contributed by atoms with van der Waals surface area (Å²) >= 11 is 1.79. The van der Waals surface area contributed by atoms with Gasteiger partial charge in [0.1, 0.15) is 12.0 Å². The van der Waals surface area contributed by atoms with E-state index in [2.05, 4.69) is 26.1 Å². The van der Waals surface area contributed by atoms with Gasteiger partial charge in [-0.3, -0.25) is 9.89 Å². The molecule has 20 heavy (non-hydrogen) atoms. The van der Waals surface area contributed by atoms with E-state index in [-0.39, 0.29) is 12.0 Å². The summed E-state index contributed by atoms with van der Waals surface area (Å²) in [6, 6.07) is 0. The van der Waals surface area contributed by atoms with Gasteiger partial charge in [-0.2, -0.15) is 11.8 Å². The largest absolute Gasteiger partial charge is 0.391 e. The lowest BCUT2D eigenvalue weighted by molar-refractivity contribution is 0.150. The average Bonchev–Trinajstić information content (AvgIpc) is 2.97. The Hall–Kier alpha value is -1.18. The molecule has 0 amide bonds.